The Hall–Kier alpha value is -1.98. The van der Waals surface area contributed by atoms with Crippen molar-refractivity contribution in [2.45, 2.75) is 32.1 Å². The third-order valence-electron chi connectivity index (χ3n) is 3.97. The van der Waals surface area contributed by atoms with Gasteiger partial charge in [0, 0.05) is 56.9 Å². The maximum absolute atomic E-state index is 11.8. The van der Waals surface area contributed by atoms with Gasteiger partial charge in [-0.15, -0.1) is 0 Å². The van der Waals surface area contributed by atoms with Gasteiger partial charge in [-0.2, -0.15) is 0 Å². The molecule has 0 aliphatic carbocycles. The van der Waals surface area contributed by atoms with E-state index >= 15 is 0 Å². The minimum absolute atomic E-state index is 0.0761. The number of nitrogens with two attached hydrogens (primary N) is 1. The summed E-state index contributed by atoms with van der Waals surface area (Å²) in [5, 5.41) is 5.67. The van der Waals surface area contributed by atoms with Gasteiger partial charge in [-0.3, -0.25) is 19.4 Å². The molecule has 0 bridgehead atoms. The topological polar surface area (TPSA) is 139 Å². The average Bonchev–Trinajstić information content (AvgIpc) is 2.71. The highest BCUT2D eigenvalue weighted by molar-refractivity contribution is 8.76. The van der Waals surface area contributed by atoms with Crippen LogP contribution < -0.4 is 27.6 Å². The second kappa shape index (κ2) is 15.8. The van der Waals surface area contributed by atoms with Crippen molar-refractivity contribution in [3.8, 4) is 0 Å². The lowest BCUT2D eigenvalue weighted by molar-refractivity contribution is -0.120. The highest BCUT2D eigenvalue weighted by Crippen LogP contribution is 2.20. The molecule has 30 heavy (non-hydrogen) atoms. The number of rotatable bonds is 15. The van der Waals surface area contributed by atoms with Gasteiger partial charge in [-0.05, 0) is 18.9 Å². The lowest BCUT2D eigenvalue weighted by atomic mass is 10.2. The van der Waals surface area contributed by atoms with Crippen LogP contribution in [0, 0.1) is 0 Å². The number of H-pyrrole nitrogens is 1. The van der Waals surface area contributed by atoms with Crippen LogP contribution in [0.2, 0.25) is 0 Å². The number of carbonyl (C=O) groups excluding carboxylic acids is 2. The Labute approximate surface area is 184 Å². The molecule has 0 spiro atoms. The van der Waals surface area contributed by atoms with Crippen LogP contribution >= 0.6 is 21.6 Å². The summed E-state index contributed by atoms with van der Waals surface area (Å²) in [6, 6.07) is 0. The SMILES string of the molecule is Cn1cc(/C=C/C(=O)NCCCCCCNC(=O)CCSSCCN)c(=O)[nH]c1=O. The minimum Gasteiger partial charge on any atom is -0.356 e. The standard InChI is InChI=1S/C19H31N5O4S2/c1-24-14-15(18(27)23-19(24)28)6-7-16(25)21-10-4-2-3-5-11-22-17(26)8-12-29-30-13-9-20/h6-7,14H,2-5,8-13,20H2,1H3,(H,21,25)(H,22,26)(H,23,27,28)/b7-6+. The molecule has 5 N–H and O–H groups in total. The van der Waals surface area contributed by atoms with Gasteiger partial charge < -0.3 is 20.9 Å². The minimum atomic E-state index is -0.529. The van der Waals surface area contributed by atoms with E-state index in [4.69, 9.17) is 5.73 Å². The van der Waals surface area contributed by atoms with Crippen LogP contribution in [-0.4, -0.2) is 52.5 Å². The molecule has 9 nitrogen and oxygen atoms in total. The van der Waals surface area contributed by atoms with Crippen molar-refractivity contribution in [2.24, 2.45) is 12.8 Å². The molecule has 1 heterocycles. The number of nitrogens with zero attached hydrogens (tertiary/aromatic N) is 1. The van der Waals surface area contributed by atoms with Crippen molar-refractivity contribution in [2.75, 3.05) is 31.1 Å². The molecule has 11 heteroatoms. The predicted molar refractivity (Wildman–Crippen MR) is 124 cm³/mol. The van der Waals surface area contributed by atoms with Crippen molar-refractivity contribution in [1.82, 2.24) is 20.2 Å². The number of unbranched alkanes of at least 4 members (excludes halogenated alkanes) is 3. The molecule has 2 amide bonds. The predicted octanol–water partition coefficient (Wildman–Crippen LogP) is 0.610. The van der Waals surface area contributed by atoms with E-state index in [-0.39, 0.29) is 17.4 Å². The maximum Gasteiger partial charge on any atom is 0.328 e. The maximum atomic E-state index is 11.8. The molecule has 1 aromatic heterocycles. The highest BCUT2D eigenvalue weighted by atomic mass is 33.1. The van der Waals surface area contributed by atoms with E-state index in [0.29, 0.717) is 26.1 Å². The van der Waals surface area contributed by atoms with Gasteiger partial charge in [0.25, 0.3) is 5.56 Å². The van der Waals surface area contributed by atoms with Gasteiger partial charge in [0.05, 0.1) is 5.56 Å². The first-order valence-corrected chi connectivity index (χ1v) is 12.4. The van der Waals surface area contributed by atoms with Crippen molar-refractivity contribution in [1.29, 1.82) is 0 Å². The smallest absolute Gasteiger partial charge is 0.328 e. The molecule has 0 saturated heterocycles. The zero-order chi connectivity index (χ0) is 22.2. The van der Waals surface area contributed by atoms with Gasteiger partial charge in [0.1, 0.15) is 0 Å². The quantitative estimate of drug-likeness (QED) is 0.172. The largest absolute Gasteiger partial charge is 0.356 e. The molecule has 0 aromatic carbocycles. The molecule has 0 aliphatic heterocycles. The van der Waals surface area contributed by atoms with Gasteiger partial charge in [-0.25, -0.2) is 4.79 Å². The molecule has 0 atom stereocenters. The van der Waals surface area contributed by atoms with Gasteiger partial charge in [-0.1, -0.05) is 34.4 Å². The number of nitrogens with one attached hydrogen (secondary N) is 3. The summed E-state index contributed by atoms with van der Waals surface area (Å²) >= 11 is 0. The number of aryl methyl sites for hydroxylation is 1. The zero-order valence-electron chi connectivity index (χ0n) is 17.3. The molecule has 0 unspecified atom stereocenters. The number of amides is 2. The third-order valence-corrected chi connectivity index (χ3v) is 6.41. The molecule has 0 saturated carbocycles. The molecule has 0 fully saturated rings. The fraction of sp³-hybridized carbons (Fsp3) is 0.579. The van der Waals surface area contributed by atoms with Crippen LogP contribution in [0.25, 0.3) is 6.08 Å². The second-order valence-corrected chi connectivity index (χ2v) is 9.23. The summed E-state index contributed by atoms with van der Waals surface area (Å²) in [5.74, 6) is 1.48. The Morgan fingerprint density at radius 1 is 1.10 bits per heavy atom. The number of aromatic nitrogens is 2. The Balaban J connectivity index is 2.05. The lowest BCUT2D eigenvalue weighted by Gasteiger charge is -2.05. The molecule has 1 rings (SSSR count). The number of aromatic amines is 1. The number of hydrogen-bond donors (Lipinski definition) is 4. The van der Waals surface area contributed by atoms with Crippen molar-refractivity contribution >= 4 is 39.5 Å². The molecular weight excluding hydrogens is 426 g/mol. The fourth-order valence-corrected chi connectivity index (χ4v) is 4.20. The normalized spacial score (nSPS) is 11.0. The van der Waals surface area contributed by atoms with Crippen LogP contribution in [0.3, 0.4) is 0 Å². The summed E-state index contributed by atoms with van der Waals surface area (Å²) in [5.41, 5.74) is 4.61. The fourth-order valence-electron chi connectivity index (χ4n) is 2.36. The zero-order valence-corrected chi connectivity index (χ0v) is 18.9. The van der Waals surface area contributed by atoms with Crippen LogP contribution in [-0.2, 0) is 16.6 Å². The summed E-state index contributed by atoms with van der Waals surface area (Å²) in [6.45, 7) is 1.86. The Morgan fingerprint density at radius 2 is 1.77 bits per heavy atom. The van der Waals surface area contributed by atoms with E-state index in [1.54, 1.807) is 21.6 Å². The molecule has 168 valence electrons. The van der Waals surface area contributed by atoms with Crippen molar-refractivity contribution in [3.05, 3.63) is 38.7 Å². The van der Waals surface area contributed by atoms with E-state index in [9.17, 15) is 19.2 Å². The van der Waals surface area contributed by atoms with E-state index in [1.165, 1.54) is 30.0 Å². The van der Waals surface area contributed by atoms with E-state index in [0.717, 1.165) is 37.2 Å². The first kappa shape index (κ1) is 26.1. The van der Waals surface area contributed by atoms with Crippen LogP contribution in [0.5, 0.6) is 0 Å². The van der Waals surface area contributed by atoms with Crippen LogP contribution in [0.15, 0.2) is 21.9 Å². The summed E-state index contributed by atoms with van der Waals surface area (Å²) in [7, 11) is 4.88. The Morgan fingerprint density at radius 3 is 2.47 bits per heavy atom. The van der Waals surface area contributed by atoms with Crippen molar-refractivity contribution in [3.63, 3.8) is 0 Å². The summed E-state index contributed by atoms with van der Waals surface area (Å²) in [4.78, 5) is 48.5. The van der Waals surface area contributed by atoms with E-state index in [1.807, 2.05) is 0 Å². The molecule has 0 aliphatic rings. The summed E-state index contributed by atoms with van der Waals surface area (Å²) < 4.78 is 1.24. The van der Waals surface area contributed by atoms with E-state index < -0.39 is 11.2 Å². The molecule has 0 radical (unpaired) electrons. The third kappa shape index (κ3) is 11.9. The second-order valence-electron chi connectivity index (χ2n) is 6.53. The summed E-state index contributed by atoms with van der Waals surface area (Å²) in [6.07, 6.45) is 8.22. The first-order chi connectivity index (χ1) is 14.4. The number of hydrogen-bond acceptors (Lipinski definition) is 7. The Bertz CT molecular complexity index is 807. The van der Waals surface area contributed by atoms with Gasteiger partial charge >= 0.3 is 5.69 Å². The molecule has 1 aromatic rings. The van der Waals surface area contributed by atoms with Crippen molar-refractivity contribution < 1.29 is 9.59 Å². The molecular formula is C19H31N5O4S2. The monoisotopic (exact) mass is 457 g/mol. The first-order valence-electron chi connectivity index (χ1n) is 9.91. The average molecular weight is 458 g/mol. The lowest BCUT2D eigenvalue weighted by Crippen LogP contribution is -2.29. The highest BCUT2D eigenvalue weighted by Gasteiger charge is 2.02. The Kier molecular flexibility index (Phi) is 13.7. The van der Waals surface area contributed by atoms with Crippen LogP contribution in [0.1, 0.15) is 37.7 Å². The van der Waals surface area contributed by atoms with Gasteiger partial charge in [0.15, 0.2) is 0 Å². The van der Waals surface area contributed by atoms with Gasteiger partial charge in [0.2, 0.25) is 11.8 Å². The number of carbonyl (C=O) groups is 2. The van der Waals surface area contributed by atoms with E-state index in [2.05, 4.69) is 15.6 Å². The van der Waals surface area contributed by atoms with Crippen LogP contribution in [0.4, 0.5) is 0 Å².